The van der Waals surface area contributed by atoms with E-state index in [0.717, 1.165) is 65.2 Å². The van der Waals surface area contributed by atoms with Gasteiger partial charge in [-0.05, 0) is 47.5 Å². The maximum absolute atomic E-state index is 12.9. The number of aromatic nitrogens is 1. The average molecular weight is 533 g/mol. The van der Waals surface area contributed by atoms with Crippen molar-refractivity contribution in [3.05, 3.63) is 107 Å². The predicted molar refractivity (Wildman–Crippen MR) is 157 cm³/mol. The van der Waals surface area contributed by atoms with Crippen LogP contribution in [0.3, 0.4) is 0 Å². The van der Waals surface area contributed by atoms with E-state index in [1.165, 1.54) is 0 Å². The molecule has 7 heteroatoms. The highest BCUT2D eigenvalue weighted by molar-refractivity contribution is 5.99. The third kappa shape index (κ3) is 5.41. The Labute approximate surface area is 234 Å². The van der Waals surface area contributed by atoms with Crippen molar-refractivity contribution in [2.75, 3.05) is 44.7 Å². The zero-order valence-electron chi connectivity index (χ0n) is 22.6. The van der Waals surface area contributed by atoms with Gasteiger partial charge < -0.3 is 19.4 Å². The van der Waals surface area contributed by atoms with E-state index in [1.807, 2.05) is 82.6 Å². The number of nitrogens with zero attached hydrogens (tertiary/aromatic N) is 4. The zero-order valence-corrected chi connectivity index (χ0v) is 22.6. The van der Waals surface area contributed by atoms with Crippen molar-refractivity contribution in [1.29, 1.82) is 0 Å². The van der Waals surface area contributed by atoms with Crippen molar-refractivity contribution in [3.8, 4) is 5.75 Å². The standard InChI is InChI=1S/C33H32N4O3/c1-40-29-14-12-28(13-15-29)35-17-19-36(20-18-35)31(38)21-25-10-8-24(9-11-25)5-4-16-37-23-27-22-26-6-2-3-7-30(26)34-32(27)33(37)39/h2-15,22H,16-21,23H2,1H3/b5-4+. The molecule has 0 saturated carbocycles. The number of piperazine rings is 1. The molecule has 0 aliphatic carbocycles. The summed E-state index contributed by atoms with van der Waals surface area (Å²) < 4.78 is 5.24. The number of methoxy groups -OCH3 is 1. The summed E-state index contributed by atoms with van der Waals surface area (Å²) in [4.78, 5) is 36.5. The van der Waals surface area contributed by atoms with Gasteiger partial charge in [0.15, 0.2) is 0 Å². The Bertz CT molecular complexity index is 1560. The van der Waals surface area contributed by atoms with Crippen LogP contribution in [0.1, 0.15) is 27.2 Å². The molecule has 40 heavy (non-hydrogen) atoms. The summed E-state index contributed by atoms with van der Waals surface area (Å²) in [5.74, 6) is 0.980. The van der Waals surface area contributed by atoms with Crippen molar-refractivity contribution in [2.45, 2.75) is 13.0 Å². The van der Waals surface area contributed by atoms with E-state index in [2.05, 4.69) is 28.1 Å². The number of hydrogen-bond donors (Lipinski definition) is 0. The Kier molecular flexibility index (Phi) is 7.19. The average Bonchev–Trinajstić information content (AvgIpc) is 3.30. The van der Waals surface area contributed by atoms with Gasteiger partial charge in [-0.3, -0.25) is 9.59 Å². The van der Waals surface area contributed by atoms with Crippen LogP contribution in [-0.2, 0) is 17.8 Å². The van der Waals surface area contributed by atoms with Gasteiger partial charge in [-0.1, -0.05) is 54.6 Å². The first-order valence-electron chi connectivity index (χ1n) is 13.7. The number of para-hydroxylation sites is 1. The number of carbonyl (C=O) groups is 2. The lowest BCUT2D eigenvalue weighted by Crippen LogP contribution is -2.49. The molecule has 0 N–H and O–H groups in total. The number of anilines is 1. The molecule has 2 amide bonds. The minimum atomic E-state index is -0.0240. The van der Waals surface area contributed by atoms with Crippen LogP contribution in [0.25, 0.3) is 17.0 Å². The van der Waals surface area contributed by atoms with Crippen molar-refractivity contribution < 1.29 is 14.3 Å². The second-order valence-electron chi connectivity index (χ2n) is 10.3. The van der Waals surface area contributed by atoms with Crippen LogP contribution in [0.2, 0.25) is 0 Å². The van der Waals surface area contributed by atoms with E-state index >= 15 is 0 Å². The van der Waals surface area contributed by atoms with Gasteiger partial charge in [-0.15, -0.1) is 0 Å². The Morgan fingerprint density at radius 2 is 1.70 bits per heavy atom. The Morgan fingerprint density at radius 3 is 2.45 bits per heavy atom. The van der Waals surface area contributed by atoms with Gasteiger partial charge in [0.25, 0.3) is 5.91 Å². The first-order chi connectivity index (χ1) is 19.6. The van der Waals surface area contributed by atoms with Gasteiger partial charge in [0.2, 0.25) is 5.91 Å². The molecule has 0 spiro atoms. The van der Waals surface area contributed by atoms with E-state index in [0.29, 0.717) is 25.2 Å². The summed E-state index contributed by atoms with van der Waals surface area (Å²) in [6, 6.07) is 26.1. The number of fused-ring (bicyclic) bond motifs is 2. The van der Waals surface area contributed by atoms with Gasteiger partial charge in [0, 0.05) is 55.9 Å². The Balaban J connectivity index is 0.988. The zero-order chi connectivity index (χ0) is 27.5. The van der Waals surface area contributed by atoms with Gasteiger partial charge in [-0.25, -0.2) is 4.98 Å². The quantitative estimate of drug-likeness (QED) is 0.342. The van der Waals surface area contributed by atoms with Crippen LogP contribution in [0.5, 0.6) is 5.75 Å². The molecule has 0 bridgehead atoms. The summed E-state index contributed by atoms with van der Waals surface area (Å²) >= 11 is 0. The molecule has 0 unspecified atom stereocenters. The summed E-state index contributed by atoms with van der Waals surface area (Å²) in [6.07, 6.45) is 4.42. The lowest BCUT2D eigenvalue weighted by atomic mass is 10.1. The minimum Gasteiger partial charge on any atom is -0.497 e. The highest BCUT2D eigenvalue weighted by Gasteiger charge is 2.28. The van der Waals surface area contributed by atoms with Gasteiger partial charge >= 0.3 is 0 Å². The molecule has 0 atom stereocenters. The third-order valence-electron chi connectivity index (χ3n) is 7.70. The number of carbonyl (C=O) groups excluding carboxylic acids is 2. The SMILES string of the molecule is COc1ccc(N2CCN(C(=O)Cc3ccc(/C=C/CN4Cc5cc6ccccc6nc5C4=O)cc3)CC2)cc1. The Hall–Kier alpha value is -4.65. The molecule has 202 valence electrons. The second-order valence-corrected chi connectivity index (χ2v) is 10.3. The molecule has 1 aromatic heterocycles. The van der Waals surface area contributed by atoms with Crippen LogP contribution in [0.15, 0.2) is 84.9 Å². The fraction of sp³-hybridized carbons (Fsp3) is 0.242. The normalized spacial score (nSPS) is 15.2. The van der Waals surface area contributed by atoms with E-state index in [-0.39, 0.29) is 11.8 Å². The molecule has 2 aliphatic heterocycles. The van der Waals surface area contributed by atoms with Gasteiger partial charge in [-0.2, -0.15) is 0 Å². The summed E-state index contributed by atoms with van der Waals surface area (Å²) in [5.41, 5.74) is 5.58. The smallest absolute Gasteiger partial charge is 0.273 e. The van der Waals surface area contributed by atoms with Crippen LogP contribution in [-0.4, -0.2) is 66.4 Å². The minimum absolute atomic E-state index is 0.0240. The third-order valence-corrected chi connectivity index (χ3v) is 7.70. The second kappa shape index (κ2) is 11.2. The largest absolute Gasteiger partial charge is 0.497 e. The maximum Gasteiger partial charge on any atom is 0.273 e. The highest BCUT2D eigenvalue weighted by atomic mass is 16.5. The van der Waals surface area contributed by atoms with E-state index in [4.69, 9.17) is 4.74 Å². The van der Waals surface area contributed by atoms with Crippen LogP contribution < -0.4 is 9.64 Å². The molecule has 1 fully saturated rings. The number of hydrogen-bond acceptors (Lipinski definition) is 5. The van der Waals surface area contributed by atoms with E-state index in [1.54, 1.807) is 7.11 Å². The fourth-order valence-corrected chi connectivity index (χ4v) is 5.40. The molecule has 7 nitrogen and oxygen atoms in total. The maximum atomic E-state index is 12.9. The number of benzene rings is 3. The monoisotopic (exact) mass is 532 g/mol. The molecule has 3 aromatic carbocycles. The molecular weight excluding hydrogens is 500 g/mol. The van der Waals surface area contributed by atoms with Gasteiger partial charge in [0.05, 0.1) is 19.0 Å². The van der Waals surface area contributed by atoms with Crippen LogP contribution in [0, 0.1) is 0 Å². The first-order valence-corrected chi connectivity index (χ1v) is 13.7. The predicted octanol–water partition coefficient (Wildman–Crippen LogP) is 4.80. The molecular formula is C33H32N4O3. The number of amides is 2. The lowest BCUT2D eigenvalue weighted by Gasteiger charge is -2.36. The lowest BCUT2D eigenvalue weighted by molar-refractivity contribution is -0.130. The molecule has 0 radical (unpaired) electrons. The van der Waals surface area contributed by atoms with Crippen molar-refractivity contribution in [2.24, 2.45) is 0 Å². The summed E-state index contributed by atoms with van der Waals surface area (Å²) in [7, 11) is 1.67. The molecule has 4 aromatic rings. The van der Waals surface area contributed by atoms with Crippen molar-refractivity contribution in [1.82, 2.24) is 14.8 Å². The number of ether oxygens (including phenoxy) is 1. The van der Waals surface area contributed by atoms with Gasteiger partial charge in [0.1, 0.15) is 11.4 Å². The topological polar surface area (TPSA) is 66.0 Å². The van der Waals surface area contributed by atoms with Crippen LogP contribution >= 0.6 is 0 Å². The van der Waals surface area contributed by atoms with Crippen molar-refractivity contribution in [3.63, 3.8) is 0 Å². The first kappa shape index (κ1) is 25.6. The van der Waals surface area contributed by atoms with Crippen LogP contribution in [0.4, 0.5) is 5.69 Å². The highest BCUT2D eigenvalue weighted by Crippen LogP contribution is 2.25. The molecule has 3 heterocycles. The number of rotatable bonds is 7. The molecule has 1 saturated heterocycles. The Morgan fingerprint density at radius 1 is 0.950 bits per heavy atom. The van der Waals surface area contributed by atoms with E-state index < -0.39 is 0 Å². The van der Waals surface area contributed by atoms with Crippen molar-refractivity contribution >= 4 is 34.5 Å². The molecule has 2 aliphatic rings. The fourth-order valence-electron chi connectivity index (χ4n) is 5.40. The summed E-state index contributed by atoms with van der Waals surface area (Å²) in [6.45, 7) is 4.17. The van der Waals surface area contributed by atoms with E-state index in [9.17, 15) is 9.59 Å². The summed E-state index contributed by atoms with van der Waals surface area (Å²) in [5, 5.41) is 1.06. The molecule has 6 rings (SSSR count). The number of pyridine rings is 1.